The van der Waals surface area contributed by atoms with Gasteiger partial charge in [0.2, 0.25) is 5.91 Å². The van der Waals surface area contributed by atoms with Crippen molar-refractivity contribution in [2.24, 2.45) is 0 Å². The van der Waals surface area contributed by atoms with Gasteiger partial charge in [-0.15, -0.1) is 11.3 Å². The van der Waals surface area contributed by atoms with Gasteiger partial charge in [-0.1, -0.05) is 50.6 Å². The van der Waals surface area contributed by atoms with E-state index in [1.807, 2.05) is 35.7 Å². The van der Waals surface area contributed by atoms with E-state index in [1.54, 1.807) is 23.1 Å². The van der Waals surface area contributed by atoms with Crippen LogP contribution in [0.3, 0.4) is 0 Å². The van der Waals surface area contributed by atoms with Gasteiger partial charge >= 0.3 is 0 Å². The maximum Gasteiger partial charge on any atom is 0.252 e. The Balaban J connectivity index is 1.55. The summed E-state index contributed by atoms with van der Waals surface area (Å²) in [6.07, 6.45) is 3.41. The average molecular weight is 453 g/mol. The summed E-state index contributed by atoms with van der Waals surface area (Å²) in [4.78, 5) is 25.9. The molecule has 1 amide bonds. The number of benzene rings is 1. The van der Waals surface area contributed by atoms with Gasteiger partial charge in [0.15, 0.2) is 0 Å². The van der Waals surface area contributed by atoms with E-state index >= 15 is 0 Å². The summed E-state index contributed by atoms with van der Waals surface area (Å²) in [6, 6.07) is 11.1. The Morgan fingerprint density at radius 3 is 2.61 bits per heavy atom. The summed E-state index contributed by atoms with van der Waals surface area (Å²) in [7, 11) is 0. The molecule has 0 aliphatic heterocycles. The van der Waals surface area contributed by atoms with Gasteiger partial charge in [0.1, 0.15) is 10.8 Å². The predicted octanol–water partition coefficient (Wildman–Crippen LogP) is 4.92. The van der Waals surface area contributed by atoms with Crippen molar-refractivity contribution in [2.45, 2.75) is 32.6 Å². The number of rotatable bonds is 5. The van der Waals surface area contributed by atoms with E-state index in [9.17, 15) is 4.79 Å². The SMILES string of the molecule is CC(C)(C)c1cc(NC(=O)Cc2csc(-c3ccccc3Cl)n2)n(-c2ncccn2)n1. The highest BCUT2D eigenvalue weighted by Gasteiger charge is 2.22. The molecule has 0 fully saturated rings. The Labute approximate surface area is 189 Å². The Morgan fingerprint density at radius 2 is 1.90 bits per heavy atom. The number of nitrogens with one attached hydrogen (secondary N) is 1. The van der Waals surface area contributed by atoms with Crippen LogP contribution < -0.4 is 5.32 Å². The lowest BCUT2D eigenvalue weighted by molar-refractivity contribution is -0.115. The van der Waals surface area contributed by atoms with E-state index in [0.717, 1.165) is 16.3 Å². The second kappa shape index (κ2) is 8.56. The molecule has 4 aromatic rings. The summed E-state index contributed by atoms with van der Waals surface area (Å²) in [5.41, 5.74) is 2.16. The fourth-order valence-corrected chi connectivity index (χ4v) is 4.03. The first-order valence-electron chi connectivity index (χ1n) is 9.68. The molecule has 9 heteroatoms. The molecule has 0 unspecified atom stereocenters. The van der Waals surface area contributed by atoms with Crippen LogP contribution in [0.5, 0.6) is 0 Å². The number of halogens is 1. The zero-order valence-corrected chi connectivity index (χ0v) is 18.9. The number of carbonyl (C=O) groups is 1. The minimum Gasteiger partial charge on any atom is -0.310 e. The van der Waals surface area contributed by atoms with Gasteiger partial charge in [-0.25, -0.2) is 15.0 Å². The van der Waals surface area contributed by atoms with Gasteiger partial charge in [0.25, 0.3) is 5.95 Å². The molecule has 0 radical (unpaired) electrons. The Morgan fingerprint density at radius 1 is 1.16 bits per heavy atom. The van der Waals surface area contributed by atoms with Crippen LogP contribution in [-0.2, 0) is 16.6 Å². The minimum atomic E-state index is -0.200. The Kier molecular flexibility index (Phi) is 5.84. The molecule has 3 aromatic heterocycles. The van der Waals surface area contributed by atoms with Crippen LogP contribution in [0.4, 0.5) is 5.82 Å². The van der Waals surface area contributed by atoms with Crippen molar-refractivity contribution in [1.29, 1.82) is 0 Å². The van der Waals surface area contributed by atoms with Crippen molar-refractivity contribution < 1.29 is 4.79 Å². The summed E-state index contributed by atoms with van der Waals surface area (Å²) in [5.74, 6) is 0.708. The van der Waals surface area contributed by atoms with Crippen LogP contribution in [0.15, 0.2) is 54.2 Å². The number of hydrogen-bond donors (Lipinski definition) is 1. The molecule has 31 heavy (non-hydrogen) atoms. The largest absolute Gasteiger partial charge is 0.310 e. The predicted molar refractivity (Wildman–Crippen MR) is 123 cm³/mol. The number of nitrogens with zero attached hydrogens (tertiary/aromatic N) is 5. The fourth-order valence-electron chi connectivity index (χ4n) is 2.89. The molecule has 0 atom stereocenters. The molecular weight excluding hydrogens is 432 g/mol. The van der Waals surface area contributed by atoms with Crippen LogP contribution in [-0.4, -0.2) is 30.6 Å². The second-order valence-electron chi connectivity index (χ2n) is 7.97. The highest BCUT2D eigenvalue weighted by molar-refractivity contribution is 7.13. The molecular formula is C22H21ClN6OS. The van der Waals surface area contributed by atoms with Gasteiger partial charge in [-0.05, 0) is 12.1 Å². The molecule has 1 N–H and O–H groups in total. The van der Waals surface area contributed by atoms with Gasteiger partial charge in [0, 0.05) is 34.8 Å². The van der Waals surface area contributed by atoms with E-state index in [1.165, 1.54) is 11.3 Å². The van der Waals surface area contributed by atoms with E-state index in [4.69, 9.17) is 11.6 Å². The van der Waals surface area contributed by atoms with Crippen molar-refractivity contribution in [1.82, 2.24) is 24.7 Å². The van der Waals surface area contributed by atoms with Crippen LogP contribution in [0.25, 0.3) is 16.5 Å². The van der Waals surface area contributed by atoms with Crippen LogP contribution >= 0.6 is 22.9 Å². The number of hydrogen-bond acceptors (Lipinski definition) is 6. The number of aromatic nitrogens is 5. The van der Waals surface area contributed by atoms with Crippen LogP contribution in [0.2, 0.25) is 5.02 Å². The first kappa shape index (κ1) is 21.1. The summed E-state index contributed by atoms with van der Waals surface area (Å²) < 4.78 is 1.55. The molecule has 0 aliphatic carbocycles. The fraction of sp³-hybridized carbons (Fsp3) is 0.227. The highest BCUT2D eigenvalue weighted by atomic mass is 35.5. The molecule has 0 aliphatic rings. The van der Waals surface area contributed by atoms with Crippen molar-refractivity contribution in [3.63, 3.8) is 0 Å². The van der Waals surface area contributed by atoms with Gasteiger partial charge in [-0.2, -0.15) is 9.78 Å². The maximum absolute atomic E-state index is 12.8. The first-order valence-corrected chi connectivity index (χ1v) is 10.9. The van der Waals surface area contributed by atoms with E-state index in [-0.39, 0.29) is 17.7 Å². The van der Waals surface area contributed by atoms with Crippen LogP contribution in [0.1, 0.15) is 32.2 Å². The zero-order valence-electron chi connectivity index (χ0n) is 17.3. The van der Waals surface area contributed by atoms with Gasteiger partial charge in [0.05, 0.1) is 22.8 Å². The smallest absolute Gasteiger partial charge is 0.252 e. The zero-order chi connectivity index (χ0) is 22.0. The molecule has 0 saturated heterocycles. The third-order valence-electron chi connectivity index (χ3n) is 4.48. The quantitative estimate of drug-likeness (QED) is 0.464. The lowest BCUT2D eigenvalue weighted by Gasteiger charge is -2.13. The van der Waals surface area contributed by atoms with E-state index in [2.05, 4.69) is 46.1 Å². The minimum absolute atomic E-state index is 0.132. The second-order valence-corrected chi connectivity index (χ2v) is 9.24. The number of carbonyl (C=O) groups excluding carboxylic acids is 1. The van der Waals surface area contributed by atoms with Crippen molar-refractivity contribution in [2.75, 3.05) is 5.32 Å². The van der Waals surface area contributed by atoms with E-state index < -0.39 is 0 Å². The molecule has 1 aromatic carbocycles. The van der Waals surface area contributed by atoms with Crippen LogP contribution in [0, 0.1) is 0 Å². The average Bonchev–Trinajstić information content (AvgIpc) is 3.36. The van der Waals surface area contributed by atoms with Gasteiger partial charge < -0.3 is 5.32 Å². The molecule has 0 saturated carbocycles. The summed E-state index contributed by atoms with van der Waals surface area (Å²) >= 11 is 7.72. The molecule has 158 valence electrons. The first-order chi connectivity index (χ1) is 14.8. The normalized spacial score (nSPS) is 11.5. The number of thiazole rings is 1. The van der Waals surface area contributed by atoms with Crippen molar-refractivity contribution in [3.8, 4) is 16.5 Å². The summed E-state index contributed by atoms with van der Waals surface area (Å²) in [6.45, 7) is 6.17. The third kappa shape index (κ3) is 4.81. The maximum atomic E-state index is 12.8. The van der Waals surface area contributed by atoms with Crippen molar-refractivity contribution in [3.05, 3.63) is 70.6 Å². The topological polar surface area (TPSA) is 85.6 Å². The van der Waals surface area contributed by atoms with Gasteiger partial charge in [-0.3, -0.25) is 4.79 Å². The number of amides is 1. The molecule has 3 heterocycles. The third-order valence-corrected chi connectivity index (χ3v) is 5.74. The standard InChI is InChI=1S/C22H21ClN6OS/c1-22(2,3)17-12-18(29(28-17)21-24-9-6-10-25-21)27-19(30)11-14-13-31-20(26-14)15-7-4-5-8-16(15)23/h4-10,12-13H,11H2,1-3H3,(H,27,30). The lowest BCUT2D eigenvalue weighted by atomic mass is 9.92. The monoisotopic (exact) mass is 452 g/mol. The molecule has 4 rings (SSSR count). The van der Waals surface area contributed by atoms with Crippen molar-refractivity contribution >= 4 is 34.7 Å². The molecule has 0 bridgehead atoms. The summed E-state index contributed by atoms with van der Waals surface area (Å²) in [5, 5.41) is 10.8. The van der Waals surface area contributed by atoms with E-state index in [0.29, 0.717) is 22.5 Å². The highest BCUT2D eigenvalue weighted by Crippen LogP contribution is 2.30. The lowest BCUT2D eigenvalue weighted by Crippen LogP contribution is -2.18. The number of anilines is 1. The Hall–Kier alpha value is -3.10. The Bertz CT molecular complexity index is 1210. The molecule has 0 spiro atoms. The molecule has 7 nitrogen and oxygen atoms in total.